The van der Waals surface area contributed by atoms with Crippen LogP contribution in [0.5, 0.6) is 23.0 Å². The van der Waals surface area contributed by atoms with Crippen LogP contribution in [-0.2, 0) is 58.8 Å². The van der Waals surface area contributed by atoms with E-state index in [9.17, 15) is 30.7 Å². The average molecular weight is 2060 g/mol. The zero-order chi connectivity index (χ0) is 89.2. The first-order valence-electron chi connectivity index (χ1n) is 37.3. The van der Waals surface area contributed by atoms with Gasteiger partial charge in [0.1, 0.15) is 74.5 Å². The van der Waals surface area contributed by atoms with Crippen LogP contribution in [0.3, 0.4) is 0 Å². The largest absolute Gasteiger partial charge is 0.492 e. The van der Waals surface area contributed by atoms with Crippen LogP contribution in [0, 0.1) is 25.7 Å². The van der Waals surface area contributed by atoms with Gasteiger partial charge in [-0.2, -0.15) is 0 Å². The molecule has 0 saturated carbocycles. The second-order valence-electron chi connectivity index (χ2n) is 25.6. The van der Waals surface area contributed by atoms with E-state index < -0.39 is 20.0 Å². The third-order valence-corrected chi connectivity index (χ3v) is 18.2. The number of benzene rings is 8. The molecule has 0 fully saturated rings. The number of nitrogens with zero attached hydrogens (tertiary/aromatic N) is 8. The van der Waals surface area contributed by atoms with Crippen molar-refractivity contribution in [3.8, 4) is 23.0 Å². The number of ether oxygens (including phenoxy) is 4. The standard InChI is InChI=1S/C12H16BrFN2O.C12H16ClFN2.C11H14BrFN2O.C11H14ClFN2O.C11H12FN3.C11H15FN2O.C9H10FIN2.C9H11IN2/c1-9(15)16-8-10-3-4-12(11(13)7-10)17-6-2-5-14;1-9(15)16-8-10-4-5-11(3-2-6-14)12(13)7-10;2*1-8(14)15-7-9-2-3-11(10(12)6-9)16-5-4-13;1-8-6-9(2-3-10(8)12)7-15-11-13-4-5-14-11;1-9(13)14-8-10-2-4-11(5-3-10)15-7-6-12;1-6(12)13-5-7-2-3-9(11)8(10)4-7;1-7(11)12-6-8-3-2-4-9(10)5-8/h3-4,7H,2,5-6,8H2,1H3,(H2,15,16);4-5,7H,2-3,6,8H2,1H3,(H2,15,16);2*2-3,6H,4-5,7H2,1H3,(H2,14,15);2-6H,7H2,1H3,(H2,13,14,15);2-5H,6-8H2,1H3,(H2,13,14);2-4H,5H2,1H3,(H2,12,13);2-5H,6H2,1H3,(H2,11,12)/i2*14-1;2*13-1;2*12-1;11+4;10-3. The number of rotatable bonds is 33. The predicted octanol–water partition coefficient (Wildman–Crippen LogP) is 20.3. The molecule has 0 radical (unpaired) electrons. The van der Waals surface area contributed by atoms with Gasteiger partial charge in [0.05, 0.1) is 121 Å². The number of aromatic amines is 1. The van der Waals surface area contributed by atoms with Crippen LogP contribution in [0.4, 0.5) is 36.7 Å². The number of aryl methyl sites for hydroxylation is 2. The second-order valence-corrected chi connectivity index (χ2v) is 30.5. The molecule has 16 N–H and O–H groups in total. The number of alkyl halides is 5. The van der Waals surface area contributed by atoms with Crippen LogP contribution < -0.4 is 64.4 Å². The van der Waals surface area contributed by atoms with E-state index >= 15 is 0 Å². The van der Waals surface area contributed by atoms with E-state index in [0.717, 1.165) is 65.2 Å². The first-order chi connectivity index (χ1) is 57.3. The molecule has 0 atom stereocenters. The average Bonchev–Trinajstić information content (AvgIpc) is 1.06. The third kappa shape index (κ3) is 51.4. The quantitative estimate of drug-likeness (QED) is 0.00608. The number of hydrogen-bond donors (Lipinski definition) is 9. The van der Waals surface area contributed by atoms with Crippen LogP contribution >= 0.6 is 100 Å². The molecule has 0 bridgehead atoms. The van der Waals surface area contributed by atoms with Crippen LogP contribution in [0.2, 0.25) is 10.0 Å². The summed E-state index contributed by atoms with van der Waals surface area (Å²) in [5, 5.41) is 4.23. The number of aromatic nitrogens is 2. The Kier molecular flexibility index (Phi) is 56.7. The minimum atomic E-state index is -0.533. The fraction of sp³-hybridized carbons (Fsp3) is 0.326. The molecule has 9 rings (SSSR count). The predicted molar refractivity (Wildman–Crippen MR) is 505 cm³/mol. The lowest BCUT2D eigenvalue weighted by Crippen LogP contribution is -2.05. The Balaban J connectivity index is 0.000000466. The molecule has 0 spiro atoms. The molecule has 21 nitrogen and oxygen atoms in total. The zero-order valence-corrected chi connectivity index (χ0v) is 77.5. The second kappa shape index (κ2) is 63.7. The van der Waals surface area contributed by atoms with Crippen LogP contribution in [-0.4, -0.2) is 111 Å². The van der Waals surface area contributed by atoms with Crippen molar-refractivity contribution in [2.75, 3.05) is 65.1 Å². The normalized spacial score (nSPS) is 11.5. The monoisotopic (exact) mass is 2050 g/mol. The molecule has 120 heavy (non-hydrogen) atoms. The number of anilines is 1. The molecule has 652 valence electrons. The van der Waals surface area contributed by atoms with Gasteiger partial charge in [-0.05, 0) is 286 Å². The fourth-order valence-electron chi connectivity index (χ4n) is 8.96. The summed E-state index contributed by atoms with van der Waals surface area (Å²) in [7, 11) is 0. The summed E-state index contributed by atoms with van der Waals surface area (Å²) in [5.41, 5.74) is 47.8. The van der Waals surface area contributed by atoms with E-state index in [1.54, 1.807) is 110 Å². The number of H-pyrrole nitrogens is 1. The number of nitrogens with one attached hydrogen (secondary N) is 2. The fourth-order valence-corrected chi connectivity index (χ4v) is 11.5. The van der Waals surface area contributed by atoms with E-state index in [0.29, 0.717) is 156 Å². The van der Waals surface area contributed by atoms with Crippen molar-refractivity contribution in [1.82, 2.24) is 9.97 Å². The van der Waals surface area contributed by atoms with Gasteiger partial charge in [-0.25, -0.2) is 26.9 Å². The van der Waals surface area contributed by atoms with Gasteiger partial charge in [0, 0.05) is 37.5 Å². The molecule has 0 saturated heterocycles. The smallest absolute Gasteiger partial charge is 0.200 e. The number of aliphatic imine (C=N–C) groups is 7. The van der Waals surface area contributed by atoms with Crippen molar-refractivity contribution in [1.29, 1.82) is 0 Å². The van der Waals surface area contributed by atoms with E-state index in [4.69, 9.17) is 82.3 Å². The third-order valence-electron chi connectivity index (χ3n) is 14.8. The van der Waals surface area contributed by atoms with E-state index in [2.05, 4.69) is 123 Å². The zero-order valence-electron chi connectivity index (χ0n) is 68.5. The molecule has 0 aliphatic heterocycles. The first kappa shape index (κ1) is 107. The SMILES string of the molecule is CC(N)=NCc1ccc(CCC[18F])c(Cl)c1.CC(N)=NCc1ccc(OCCC[18F])c(Br)c1.CC(N)=NCc1ccc(OCC[18F])c(Br)c1.CC(N)=NCc1ccc(OCC[18F])c(Cl)c1.CC(N)=NCc1ccc(OCC[18F])cc1.CC(N)=NCc1ccc([131I])c(F)c1.CC(N)=NCc1cccc([124I])c1.Cc1cc(CNc2ncc[nH]2)ccc1[18F]. The van der Waals surface area contributed by atoms with Crippen LogP contribution in [0.1, 0.15) is 117 Å². The maximum Gasteiger partial charge on any atom is 0.200 e. The van der Waals surface area contributed by atoms with Gasteiger partial charge in [0.15, 0.2) is 5.95 Å². The highest BCUT2D eigenvalue weighted by molar-refractivity contribution is 14.1. The molecular formula is C86H108Br2Cl2F7I2N17O4. The van der Waals surface area contributed by atoms with Gasteiger partial charge in [-0.1, -0.05) is 96.0 Å². The Labute approximate surface area is 754 Å². The lowest BCUT2D eigenvalue weighted by molar-refractivity contribution is 0.272. The summed E-state index contributed by atoms with van der Waals surface area (Å²) in [6.07, 6.45) is 5.02. The Hall–Kier alpha value is -9.23. The molecule has 34 heteroatoms. The molecule has 0 aliphatic carbocycles. The first-order valence-corrected chi connectivity index (χ1v) is 41.8. The number of imidazole rings is 1. The van der Waals surface area contributed by atoms with E-state index in [-0.39, 0.29) is 44.8 Å². The minimum Gasteiger partial charge on any atom is -0.492 e. The topological polar surface area (TPSA) is 346 Å². The molecular weight excluding hydrogens is 1950 g/mol. The molecule has 9 aromatic rings. The van der Waals surface area contributed by atoms with Crippen LogP contribution in [0.15, 0.2) is 214 Å². The molecule has 0 amide bonds. The van der Waals surface area contributed by atoms with Crippen molar-refractivity contribution in [3.63, 3.8) is 0 Å². The van der Waals surface area contributed by atoms with Crippen molar-refractivity contribution in [2.45, 2.75) is 127 Å². The van der Waals surface area contributed by atoms with Gasteiger partial charge in [-0.3, -0.25) is 43.7 Å². The van der Waals surface area contributed by atoms with Gasteiger partial charge in [0.25, 0.3) is 0 Å². The summed E-state index contributed by atoms with van der Waals surface area (Å²) in [6.45, 7) is 16.8. The lowest BCUT2D eigenvalue weighted by atomic mass is 10.1. The van der Waals surface area contributed by atoms with E-state index in [1.807, 2.05) is 108 Å². The summed E-state index contributed by atoms with van der Waals surface area (Å²) >= 11 is 23.0. The highest BCUT2D eigenvalue weighted by atomic mass is 131. The molecule has 1 aromatic heterocycles. The van der Waals surface area contributed by atoms with Crippen molar-refractivity contribution in [2.24, 2.45) is 75.1 Å². The van der Waals surface area contributed by atoms with Crippen molar-refractivity contribution in [3.05, 3.63) is 264 Å². The summed E-state index contributed by atoms with van der Waals surface area (Å²) in [4.78, 5) is 35.6. The Morgan fingerprint density at radius 1 is 0.442 bits per heavy atom. The number of nitrogens with two attached hydrogens (primary N) is 7. The molecule has 8 aromatic carbocycles. The van der Waals surface area contributed by atoms with Crippen molar-refractivity contribution >= 4 is 147 Å². The molecule has 0 aliphatic rings. The lowest BCUT2D eigenvalue weighted by Gasteiger charge is -2.08. The number of halogens is 13. The molecule has 0 unspecified atom stereocenters. The van der Waals surface area contributed by atoms with Crippen molar-refractivity contribution < 1.29 is 49.7 Å². The summed E-state index contributed by atoms with van der Waals surface area (Å²) < 4.78 is 110. The summed E-state index contributed by atoms with van der Waals surface area (Å²) in [5.74, 6) is 6.74. The Bertz CT molecular complexity index is 4470. The highest BCUT2D eigenvalue weighted by Crippen LogP contribution is 2.29. The maximum absolute atomic E-state index is 13.0. The van der Waals surface area contributed by atoms with Crippen LogP contribution in [0.25, 0.3) is 0 Å². The number of amidine groups is 7. The Morgan fingerprint density at radius 2 is 0.842 bits per heavy atom. The summed E-state index contributed by atoms with van der Waals surface area (Å²) in [6, 6.07) is 48.0. The highest BCUT2D eigenvalue weighted by Gasteiger charge is 2.09. The number of hydrogen-bond acceptors (Lipinski definition) is 13. The maximum atomic E-state index is 13.0. The molecule has 1 heterocycles. The van der Waals surface area contributed by atoms with Gasteiger partial charge in [-0.15, -0.1) is 0 Å². The van der Waals surface area contributed by atoms with Gasteiger partial charge < -0.3 is 69.4 Å². The van der Waals surface area contributed by atoms with Gasteiger partial charge >= 0.3 is 0 Å². The van der Waals surface area contributed by atoms with E-state index in [1.165, 1.54) is 21.3 Å². The van der Waals surface area contributed by atoms with Gasteiger partial charge in [0.2, 0.25) is 0 Å². The minimum absolute atomic E-state index is 0.0130. The Morgan fingerprint density at radius 3 is 1.26 bits per heavy atom.